The smallest absolute Gasteiger partial charge is 0.235 e. The number of hydrogen-bond donors (Lipinski definition) is 2. The van der Waals surface area contributed by atoms with Crippen LogP contribution in [-0.2, 0) is 0 Å². The summed E-state index contributed by atoms with van der Waals surface area (Å²) in [5.41, 5.74) is 6.04. The molecule has 0 aliphatic heterocycles. The van der Waals surface area contributed by atoms with Gasteiger partial charge in [-0.25, -0.2) is 0 Å². The number of hydrogen-bond acceptors (Lipinski definition) is 5. The highest BCUT2D eigenvalue weighted by Gasteiger charge is 2.18. The molecule has 0 amide bonds. The normalized spacial score (nSPS) is 10.4. The summed E-state index contributed by atoms with van der Waals surface area (Å²) < 4.78 is 10.9. The number of methoxy groups -OCH3 is 1. The zero-order valence-electron chi connectivity index (χ0n) is 13.3. The Balaban J connectivity index is 2.32. The number of rotatable bonds is 2. The molecule has 1 aromatic heterocycles. The van der Waals surface area contributed by atoms with Gasteiger partial charge in [0.15, 0.2) is 11.3 Å². The van der Waals surface area contributed by atoms with Gasteiger partial charge in [0.1, 0.15) is 5.75 Å². The van der Waals surface area contributed by atoms with E-state index < -0.39 is 11.2 Å². The van der Waals surface area contributed by atoms with E-state index in [1.54, 1.807) is 37.4 Å². The largest absolute Gasteiger partial charge is 0.502 e. The summed E-state index contributed by atoms with van der Waals surface area (Å²) in [5, 5.41) is 10.8. The average molecular weight is 356 g/mol. The molecule has 3 N–H and O–H groups in total. The molecule has 0 radical (unpaired) electrons. The maximum absolute atomic E-state index is 12.6. The molecule has 25 heavy (non-hydrogen) atoms. The van der Waals surface area contributed by atoms with Crippen molar-refractivity contribution >= 4 is 22.6 Å². The Hall–Kier alpha value is -2.94. The van der Waals surface area contributed by atoms with Gasteiger partial charge >= 0.3 is 0 Å². The fourth-order valence-electron chi connectivity index (χ4n) is 2.43. The minimum absolute atomic E-state index is 0.0540. The molecular formula is C19H14ClNO4. The lowest BCUT2D eigenvalue weighted by atomic mass is 10.1. The predicted octanol–water partition coefficient (Wildman–Crippen LogP) is 3.14. The summed E-state index contributed by atoms with van der Waals surface area (Å²) in [7, 11) is 1.55. The van der Waals surface area contributed by atoms with E-state index in [0.29, 0.717) is 21.9 Å². The highest BCUT2D eigenvalue weighted by Crippen LogP contribution is 2.33. The van der Waals surface area contributed by atoms with Gasteiger partial charge in [-0.05, 0) is 36.4 Å². The molecule has 0 saturated carbocycles. The minimum Gasteiger partial charge on any atom is -0.502 e. The van der Waals surface area contributed by atoms with Gasteiger partial charge in [0.2, 0.25) is 11.2 Å². The maximum Gasteiger partial charge on any atom is 0.235 e. The van der Waals surface area contributed by atoms with Gasteiger partial charge in [0, 0.05) is 10.6 Å². The second-order valence-corrected chi connectivity index (χ2v) is 5.61. The summed E-state index contributed by atoms with van der Waals surface area (Å²) >= 11 is 6.04. The highest BCUT2D eigenvalue weighted by molar-refractivity contribution is 6.31. The molecule has 0 aliphatic carbocycles. The average Bonchev–Trinajstić information content (AvgIpc) is 2.63. The van der Waals surface area contributed by atoms with Crippen molar-refractivity contribution in [1.29, 1.82) is 0 Å². The van der Waals surface area contributed by atoms with E-state index in [2.05, 4.69) is 11.8 Å². The number of fused-ring (bicyclic) bond motifs is 1. The number of ether oxygens (including phenoxy) is 1. The third-order valence-electron chi connectivity index (χ3n) is 3.61. The van der Waals surface area contributed by atoms with Crippen LogP contribution in [0.25, 0.3) is 22.3 Å². The first-order valence-corrected chi connectivity index (χ1v) is 7.75. The van der Waals surface area contributed by atoms with Crippen LogP contribution in [0.4, 0.5) is 0 Å². The Kier molecular flexibility index (Phi) is 4.66. The molecule has 0 bridgehead atoms. The molecule has 0 saturated heterocycles. The molecule has 6 heteroatoms. The van der Waals surface area contributed by atoms with Crippen LogP contribution in [-0.4, -0.2) is 18.8 Å². The standard InChI is InChI=1S/C19H14ClNO4/c1-24-14-6-4-11(5-7-14)19-17(23)16(22)15-10-13(20)9-12(3-2-8-21)18(15)25-19/h4-7,9-10,23H,8,21H2,1H3. The first-order valence-electron chi connectivity index (χ1n) is 7.38. The lowest BCUT2D eigenvalue weighted by Crippen LogP contribution is -2.04. The summed E-state index contributed by atoms with van der Waals surface area (Å²) in [6, 6.07) is 9.80. The molecule has 3 aromatic rings. The summed E-state index contributed by atoms with van der Waals surface area (Å²) in [5.74, 6) is 5.76. The van der Waals surface area contributed by atoms with Gasteiger partial charge in [-0.3, -0.25) is 4.79 Å². The molecule has 126 valence electrons. The van der Waals surface area contributed by atoms with Crippen LogP contribution < -0.4 is 15.9 Å². The van der Waals surface area contributed by atoms with Gasteiger partial charge in [-0.15, -0.1) is 0 Å². The van der Waals surface area contributed by atoms with Crippen LogP contribution in [0.2, 0.25) is 5.02 Å². The molecule has 1 heterocycles. The fourth-order valence-corrected chi connectivity index (χ4v) is 2.65. The van der Waals surface area contributed by atoms with E-state index in [1.807, 2.05) is 0 Å². The number of nitrogens with two attached hydrogens (primary N) is 1. The van der Waals surface area contributed by atoms with Crippen LogP contribution >= 0.6 is 11.6 Å². The van der Waals surface area contributed by atoms with E-state index in [1.165, 1.54) is 6.07 Å². The topological polar surface area (TPSA) is 85.7 Å². The van der Waals surface area contributed by atoms with Crippen LogP contribution in [0.3, 0.4) is 0 Å². The van der Waals surface area contributed by atoms with E-state index >= 15 is 0 Å². The van der Waals surface area contributed by atoms with Gasteiger partial charge in [0.25, 0.3) is 0 Å². The summed E-state index contributed by atoms with van der Waals surface area (Å²) in [6.07, 6.45) is 0. The number of benzene rings is 2. The number of halogens is 1. The van der Waals surface area contributed by atoms with Crippen molar-refractivity contribution < 1.29 is 14.3 Å². The van der Waals surface area contributed by atoms with Crippen molar-refractivity contribution in [2.45, 2.75) is 0 Å². The van der Waals surface area contributed by atoms with Gasteiger partial charge in [0.05, 0.1) is 24.6 Å². The fraction of sp³-hybridized carbons (Fsp3) is 0.105. The van der Waals surface area contributed by atoms with Gasteiger partial charge in [-0.1, -0.05) is 23.4 Å². The van der Waals surface area contributed by atoms with Crippen molar-refractivity contribution in [3.63, 3.8) is 0 Å². The highest BCUT2D eigenvalue weighted by atomic mass is 35.5. The molecule has 3 rings (SSSR count). The van der Waals surface area contributed by atoms with E-state index in [9.17, 15) is 9.90 Å². The Morgan fingerprint density at radius 3 is 2.64 bits per heavy atom. The van der Waals surface area contributed by atoms with Gasteiger partial charge in [-0.2, -0.15) is 0 Å². The van der Waals surface area contributed by atoms with Crippen LogP contribution in [0.5, 0.6) is 11.5 Å². The lowest BCUT2D eigenvalue weighted by Gasteiger charge is -2.08. The first-order chi connectivity index (χ1) is 12.0. The zero-order chi connectivity index (χ0) is 18.0. The Morgan fingerprint density at radius 2 is 2.00 bits per heavy atom. The molecule has 0 atom stereocenters. The van der Waals surface area contributed by atoms with E-state index in [0.717, 1.165) is 0 Å². The van der Waals surface area contributed by atoms with Crippen LogP contribution in [0, 0.1) is 11.8 Å². The molecule has 5 nitrogen and oxygen atoms in total. The quantitative estimate of drug-likeness (QED) is 0.690. The van der Waals surface area contributed by atoms with Crippen LogP contribution in [0.15, 0.2) is 45.6 Å². The Bertz CT molecular complexity index is 1060. The van der Waals surface area contributed by atoms with Crippen molar-refractivity contribution in [3.8, 4) is 34.7 Å². The molecule has 0 unspecified atom stereocenters. The van der Waals surface area contributed by atoms with Crippen molar-refractivity contribution in [2.24, 2.45) is 5.73 Å². The van der Waals surface area contributed by atoms with Crippen molar-refractivity contribution in [1.82, 2.24) is 0 Å². The lowest BCUT2D eigenvalue weighted by molar-refractivity contribution is 0.414. The second kappa shape index (κ2) is 6.89. The van der Waals surface area contributed by atoms with Gasteiger partial charge < -0.3 is 20.0 Å². The Labute approximate surface area is 148 Å². The molecule has 0 spiro atoms. The minimum atomic E-state index is -0.578. The third kappa shape index (κ3) is 3.18. The summed E-state index contributed by atoms with van der Waals surface area (Å²) in [4.78, 5) is 12.6. The maximum atomic E-state index is 12.6. The molecule has 0 aliphatic rings. The van der Waals surface area contributed by atoms with Crippen molar-refractivity contribution in [3.05, 3.63) is 57.2 Å². The van der Waals surface area contributed by atoms with Crippen LogP contribution in [0.1, 0.15) is 5.56 Å². The Morgan fingerprint density at radius 1 is 1.28 bits per heavy atom. The third-order valence-corrected chi connectivity index (χ3v) is 3.83. The van der Waals surface area contributed by atoms with E-state index in [-0.39, 0.29) is 23.3 Å². The first kappa shape index (κ1) is 16.9. The van der Waals surface area contributed by atoms with E-state index in [4.69, 9.17) is 26.5 Å². The monoisotopic (exact) mass is 355 g/mol. The SMILES string of the molecule is COc1ccc(-c2oc3c(C#CCN)cc(Cl)cc3c(=O)c2O)cc1. The summed E-state index contributed by atoms with van der Waals surface area (Å²) in [6.45, 7) is 0.154. The molecule has 0 fully saturated rings. The molecule has 2 aromatic carbocycles. The molecular weight excluding hydrogens is 342 g/mol. The predicted molar refractivity (Wildman–Crippen MR) is 97.1 cm³/mol. The zero-order valence-corrected chi connectivity index (χ0v) is 14.1. The van der Waals surface area contributed by atoms with Crippen molar-refractivity contribution in [2.75, 3.05) is 13.7 Å². The second-order valence-electron chi connectivity index (χ2n) is 5.17. The number of aromatic hydroxyl groups is 1.